The lowest BCUT2D eigenvalue weighted by molar-refractivity contribution is 0.0702. The van der Waals surface area contributed by atoms with Gasteiger partial charge in [-0.1, -0.05) is 6.08 Å². The molecule has 1 N–H and O–H groups in total. The highest BCUT2D eigenvalue weighted by Gasteiger charge is 2.19. The summed E-state index contributed by atoms with van der Waals surface area (Å²) in [6.07, 6.45) is 3.00. The van der Waals surface area contributed by atoms with Crippen molar-refractivity contribution in [2.24, 2.45) is 0 Å². The van der Waals surface area contributed by atoms with Gasteiger partial charge in [-0.2, -0.15) is 0 Å². The van der Waals surface area contributed by atoms with E-state index in [0.29, 0.717) is 22.1 Å². The number of fused-ring (bicyclic) bond motifs is 1. The largest absolute Gasteiger partial charge is 0.493 e. The van der Waals surface area contributed by atoms with Gasteiger partial charge in [0, 0.05) is 0 Å². The molecule has 2 heterocycles. The molecule has 0 saturated carbocycles. The summed E-state index contributed by atoms with van der Waals surface area (Å²) < 4.78 is 15.9. The number of carboxylic acids is 1. The molecule has 1 aliphatic heterocycles. The highest BCUT2D eigenvalue weighted by Crippen LogP contribution is 2.42. The Kier molecular flexibility index (Phi) is 4.03. The number of carbonyl (C=O) groups excluding carboxylic acids is 1. The summed E-state index contributed by atoms with van der Waals surface area (Å²) in [6.45, 7) is 0.130. The fourth-order valence-corrected chi connectivity index (χ4v) is 2.85. The number of thiophene rings is 1. The van der Waals surface area contributed by atoms with Gasteiger partial charge in [-0.25, -0.2) is 4.79 Å². The molecule has 1 aromatic heterocycles. The molecule has 118 valence electrons. The Labute approximate surface area is 135 Å². The number of allylic oxidation sites excluding steroid dienone is 1. The lowest BCUT2D eigenvalue weighted by Crippen LogP contribution is -1.93. The predicted octanol–water partition coefficient (Wildman–Crippen LogP) is 3.08. The molecular weight excluding hydrogens is 320 g/mol. The number of carbonyl (C=O) groups is 2. The Morgan fingerprint density at radius 1 is 1.26 bits per heavy atom. The van der Waals surface area contributed by atoms with Crippen LogP contribution in [-0.4, -0.2) is 30.8 Å². The quantitative estimate of drug-likeness (QED) is 0.669. The minimum absolute atomic E-state index is 0.130. The molecule has 2 aromatic rings. The highest BCUT2D eigenvalue weighted by molar-refractivity contribution is 7.16. The van der Waals surface area contributed by atoms with Gasteiger partial charge in [0.25, 0.3) is 0 Å². The van der Waals surface area contributed by atoms with Crippen LogP contribution in [0.1, 0.15) is 24.9 Å². The summed E-state index contributed by atoms with van der Waals surface area (Å²) >= 11 is 0.942. The molecule has 6 nitrogen and oxygen atoms in total. The van der Waals surface area contributed by atoms with Crippen LogP contribution < -0.4 is 14.2 Å². The van der Waals surface area contributed by atoms with Crippen LogP contribution in [0.2, 0.25) is 0 Å². The molecule has 7 heteroatoms. The zero-order valence-electron chi connectivity index (χ0n) is 12.1. The first-order valence-electron chi connectivity index (χ1n) is 6.61. The maximum Gasteiger partial charge on any atom is 0.345 e. The lowest BCUT2D eigenvalue weighted by Gasteiger charge is -2.05. The van der Waals surface area contributed by atoms with Crippen molar-refractivity contribution >= 4 is 29.2 Å². The molecule has 1 aromatic carbocycles. The van der Waals surface area contributed by atoms with Crippen LogP contribution in [0, 0.1) is 0 Å². The third kappa shape index (κ3) is 3.04. The van der Waals surface area contributed by atoms with E-state index in [4.69, 9.17) is 19.3 Å². The Balaban J connectivity index is 1.82. The minimum Gasteiger partial charge on any atom is -0.493 e. The molecule has 0 aliphatic carbocycles. The molecule has 0 fully saturated rings. The molecule has 0 unspecified atom stereocenters. The molecule has 0 radical (unpaired) electrons. The van der Waals surface area contributed by atoms with Crippen LogP contribution >= 0.6 is 11.3 Å². The maximum atomic E-state index is 12.1. The van der Waals surface area contributed by atoms with Gasteiger partial charge in [-0.15, -0.1) is 11.3 Å². The Morgan fingerprint density at radius 3 is 2.74 bits per heavy atom. The normalized spacial score (nSPS) is 12.6. The average molecular weight is 332 g/mol. The van der Waals surface area contributed by atoms with Crippen LogP contribution in [0.4, 0.5) is 0 Å². The summed E-state index contributed by atoms with van der Waals surface area (Å²) in [4.78, 5) is 23.4. The Hall–Kier alpha value is -2.80. The molecule has 0 saturated heterocycles. The number of methoxy groups -OCH3 is 1. The van der Waals surface area contributed by atoms with Crippen molar-refractivity contribution in [1.82, 2.24) is 0 Å². The topological polar surface area (TPSA) is 82.1 Å². The first-order chi connectivity index (χ1) is 11.1. The second kappa shape index (κ2) is 6.13. The molecule has 0 amide bonds. The van der Waals surface area contributed by atoms with Crippen molar-refractivity contribution in [3.8, 4) is 17.2 Å². The van der Waals surface area contributed by atoms with E-state index in [9.17, 15) is 9.59 Å². The average Bonchev–Trinajstić information content (AvgIpc) is 3.20. The summed E-state index contributed by atoms with van der Waals surface area (Å²) in [5.74, 6) is 0.315. The van der Waals surface area contributed by atoms with Crippen LogP contribution in [0.25, 0.3) is 6.08 Å². The zero-order valence-corrected chi connectivity index (χ0v) is 12.9. The van der Waals surface area contributed by atoms with E-state index in [1.54, 1.807) is 18.2 Å². The fraction of sp³-hybridized carbons (Fsp3) is 0.125. The second-order valence-corrected chi connectivity index (χ2v) is 5.71. The summed E-state index contributed by atoms with van der Waals surface area (Å²) in [5.41, 5.74) is 0.717. The van der Waals surface area contributed by atoms with Crippen molar-refractivity contribution in [1.29, 1.82) is 0 Å². The van der Waals surface area contributed by atoms with Crippen molar-refractivity contribution in [2.75, 3.05) is 13.9 Å². The number of hydrogen-bond acceptors (Lipinski definition) is 6. The van der Waals surface area contributed by atoms with Crippen molar-refractivity contribution < 1.29 is 28.9 Å². The van der Waals surface area contributed by atoms with Crippen LogP contribution in [0.3, 0.4) is 0 Å². The van der Waals surface area contributed by atoms with Gasteiger partial charge in [0.15, 0.2) is 17.3 Å². The van der Waals surface area contributed by atoms with Gasteiger partial charge in [0.05, 0.1) is 12.0 Å². The first-order valence-corrected chi connectivity index (χ1v) is 7.43. The SMILES string of the molecule is COc1cc(/C=C/C(=O)c2ccc(C(=O)O)s2)cc2c1OCO2. The standard InChI is InChI=1S/C16H12O6S/c1-20-11-6-9(7-12-15(11)22-8-21-12)2-3-10(17)13-4-5-14(23-13)16(18)19/h2-7H,8H2,1H3,(H,18,19)/b3-2+. The Bertz CT molecular complexity index is 805. The Morgan fingerprint density at radius 2 is 2.04 bits per heavy atom. The van der Waals surface area contributed by atoms with Gasteiger partial charge in [0.1, 0.15) is 4.88 Å². The van der Waals surface area contributed by atoms with E-state index in [-0.39, 0.29) is 17.5 Å². The van der Waals surface area contributed by atoms with Crippen LogP contribution in [0.15, 0.2) is 30.3 Å². The van der Waals surface area contributed by atoms with Crippen LogP contribution in [0.5, 0.6) is 17.2 Å². The van der Waals surface area contributed by atoms with E-state index < -0.39 is 5.97 Å². The highest BCUT2D eigenvalue weighted by atomic mass is 32.1. The molecule has 3 rings (SSSR count). The summed E-state index contributed by atoms with van der Waals surface area (Å²) in [7, 11) is 1.52. The molecule has 0 bridgehead atoms. The number of hydrogen-bond donors (Lipinski definition) is 1. The molecule has 23 heavy (non-hydrogen) atoms. The fourth-order valence-electron chi connectivity index (χ4n) is 2.09. The second-order valence-electron chi connectivity index (χ2n) is 4.62. The zero-order chi connectivity index (χ0) is 16.4. The van der Waals surface area contributed by atoms with Gasteiger partial charge < -0.3 is 19.3 Å². The minimum atomic E-state index is -1.04. The van der Waals surface area contributed by atoms with Gasteiger partial charge in [-0.3, -0.25) is 4.79 Å². The van der Waals surface area contributed by atoms with E-state index in [2.05, 4.69) is 0 Å². The van der Waals surface area contributed by atoms with Gasteiger partial charge >= 0.3 is 5.97 Å². The number of rotatable bonds is 5. The molecular formula is C16H12O6S. The van der Waals surface area contributed by atoms with Crippen molar-refractivity contribution in [2.45, 2.75) is 0 Å². The van der Waals surface area contributed by atoms with E-state index >= 15 is 0 Å². The lowest BCUT2D eigenvalue weighted by atomic mass is 10.1. The van der Waals surface area contributed by atoms with Crippen molar-refractivity contribution in [3.05, 3.63) is 45.7 Å². The monoisotopic (exact) mass is 332 g/mol. The molecule has 0 spiro atoms. The van der Waals surface area contributed by atoms with Crippen molar-refractivity contribution in [3.63, 3.8) is 0 Å². The summed E-state index contributed by atoms with van der Waals surface area (Å²) in [6, 6.07) is 6.39. The van der Waals surface area contributed by atoms with Crippen LogP contribution in [-0.2, 0) is 0 Å². The number of carboxylic acid groups (broad SMARTS) is 1. The number of aromatic carboxylic acids is 1. The molecule has 0 atom stereocenters. The number of benzene rings is 1. The van der Waals surface area contributed by atoms with E-state index in [1.165, 1.54) is 25.3 Å². The molecule has 1 aliphatic rings. The van der Waals surface area contributed by atoms with E-state index in [1.807, 2.05) is 0 Å². The predicted molar refractivity (Wildman–Crippen MR) is 83.8 cm³/mol. The first kappa shape index (κ1) is 15.1. The third-order valence-electron chi connectivity index (χ3n) is 3.17. The van der Waals surface area contributed by atoms with Gasteiger partial charge in [0.2, 0.25) is 12.5 Å². The van der Waals surface area contributed by atoms with Gasteiger partial charge in [-0.05, 0) is 35.9 Å². The van der Waals surface area contributed by atoms with E-state index in [0.717, 1.165) is 16.9 Å². The number of ether oxygens (including phenoxy) is 3. The summed E-state index contributed by atoms with van der Waals surface area (Å²) in [5, 5.41) is 8.88. The number of ketones is 1. The maximum absolute atomic E-state index is 12.1. The smallest absolute Gasteiger partial charge is 0.345 e. The third-order valence-corrected chi connectivity index (χ3v) is 4.26.